The van der Waals surface area contributed by atoms with E-state index in [0.717, 1.165) is 6.42 Å². The Kier molecular flexibility index (Phi) is 6.63. The summed E-state index contributed by atoms with van der Waals surface area (Å²) in [5.41, 5.74) is 2.64. The summed E-state index contributed by atoms with van der Waals surface area (Å²) < 4.78 is 0. The fourth-order valence-electron chi connectivity index (χ4n) is 0.321. The van der Waals surface area contributed by atoms with E-state index in [2.05, 4.69) is 19.0 Å². The molecule has 0 rings (SSSR count). The topological polar surface area (TPSA) is 21.3 Å². The van der Waals surface area contributed by atoms with E-state index in [-0.39, 0.29) is 0 Å². The molecule has 0 saturated carbocycles. The summed E-state index contributed by atoms with van der Waals surface area (Å²) in [6, 6.07) is 0. The van der Waals surface area contributed by atoms with Crippen molar-refractivity contribution < 1.29 is 4.84 Å². The van der Waals surface area contributed by atoms with Gasteiger partial charge in [0.15, 0.2) is 0 Å². The summed E-state index contributed by atoms with van der Waals surface area (Å²) in [6.45, 7) is 6.09. The molecule has 52 valence electrons. The molecule has 9 heavy (non-hydrogen) atoms. The summed E-state index contributed by atoms with van der Waals surface area (Å²) in [4.78, 5) is 4.83. The van der Waals surface area contributed by atoms with E-state index in [4.69, 9.17) is 4.84 Å². The first kappa shape index (κ1) is 8.24. The Morgan fingerprint density at radius 2 is 2.44 bits per heavy atom. The maximum atomic E-state index is 4.83. The van der Waals surface area contributed by atoms with Gasteiger partial charge in [-0.3, -0.25) is 10.3 Å². The SMILES string of the molecule is C=CCONC=CCC. The molecular formula is C7H13NO. The summed E-state index contributed by atoms with van der Waals surface area (Å²) >= 11 is 0. The van der Waals surface area contributed by atoms with Gasteiger partial charge in [-0.15, -0.1) is 6.58 Å². The Morgan fingerprint density at radius 3 is 3.00 bits per heavy atom. The van der Waals surface area contributed by atoms with Crippen LogP contribution in [0.5, 0.6) is 0 Å². The van der Waals surface area contributed by atoms with Crippen LogP contribution in [0.4, 0.5) is 0 Å². The monoisotopic (exact) mass is 127 g/mol. The first-order valence-corrected chi connectivity index (χ1v) is 3.05. The molecule has 0 aliphatic rings. The zero-order valence-corrected chi connectivity index (χ0v) is 5.76. The molecule has 0 fully saturated rings. The third-order valence-electron chi connectivity index (χ3n) is 0.706. The number of nitrogens with one attached hydrogen (secondary N) is 1. The largest absolute Gasteiger partial charge is 0.274 e. The highest BCUT2D eigenvalue weighted by Crippen LogP contribution is 1.75. The minimum absolute atomic E-state index is 0.536. The number of rotatable bonds is 5. The molecule has 0 aromatic carbocycles. The highest BCUT2D eigenvalue weighted by atomic mass is 16.6. The van der Waals surface area contributed by atoms with Crippen molar-refractivity contribution >= 4 is 0 Å². The van der Waals surface area contributed by atoms with Crippen LogP contribution in [0.2, 0.25) is 0 Å². The molecular weight excluding hydrogens is 114 g/mol. The molecule has 2 nitrogen and oxygen atoms in total. The lowest BCUT2D eigenvalue weighted by atomic mass is 10.5. The average molecular weight is 127 g/mol. The molecule has 0 radical (unpaired) electrons. The molecule has 0 atom stereocenters. The van der Waals surface area contributed by atoms with Gasteiger partial charge in [-0.05, 0) is 6.42 Å². The van der Waals surface area contributed by atoms with Crippen molar-refractivity contribution in [3.05, 3.63) is 24.9 Å². The van der Waals surface area contributed by atoms with Gasteiger partial charge < -0.3 is 0 Å². The lowest BCUT2D eigenvalue weighted by Crippen LogP contribution is -2.05. The van der Waals surface area contributed by atoms with Crippen LogP contribution < -0.4 is 5.48 Å². The first-order valence-electron chi connectivity index (χ1n) is 3.05. The van der Waals surface area contributed by atoms with E-state index in [1.807, 2.05) is 6.08 Å². The lowest BCUT2D eigenvalue weighted by molar-refractivity contribution is 0.0955. The van der Waals surface area contributed by atoms with Crippen molar-refractivity contribution in [2.45, 2.75) is 13.3 Å². The molecule has 2 heteroatoms. The number of hydrogen-bond donors (Lipinski definition) is 1. The van der Waals surface area contributed by atoms with Gasteiger partial charge in [0, 0.05) is 6.20 Å². The molecule has 0 unspecified atom stereocenters. The van der Waals surface area contributed by atoms with Gasteiger partial charge in [0.2, 0.25) is 0 Å². The quantitative estimate of drug-likeness (QED) is 0.344. The fraction of sp³-hybridized carbons (Fsp3) is 0.429. The molecule has 0 spiro atoms. The predicted molar refractivity (Wildman–Crippen MR) is 38.7 cm³/mol. The Bertz CT molecular complexity index is 88.9. The van der Waals surface area contributed by atoms with Gasteiger partial charge in [0.25, 0.3) is 0 Å². The van der Waals surface area contributed by atoms with Crippen molar-refractivity contribution in [3.63, 3.8) is 0 Å². The van der Waals surface area contributed by atoms with E-state index in [9.17, 15) is 0 Å². The van der Waals surface area contributed by atoms with Crippen molar-refractivity contribution in [2.24, 2.45) is 0 Å². The zero-order valence-electron chi connectivity index (χ0n) is 5.76. The van der Waals surface area contributed by atoms with Crippen LogP contribution in [-0.4, -0.2) is 6.61 Å². The van der Waals surface area contributed by atoms with E-state index in [1.54, 1.807) is 12.3 Å². The van der Waals surface area contributed by atoms with Crippen LogP contribution in [0, 0.1) is 0 Å². The van der Waals surface area contributed by atoms with Gasteiger partial charge in [-0.1, -0.05) is 19.1 Å². The number of hydrogen-bond acceptors (Lipinski definition) is 2. The highest BCUT2D eigenvalue weighted by Gasteiger charge is 1.71. The molecule has 0 aliphatic carbocycles. The molecule has 0 bridgehead atoms. The molecule has 0 aliphatic heterocycles. The van der Waals surface area contributed by atoms with Crippen LogP contribution in [0.3, 0.4) is 0 Å². The minimum atomic E-state index is 0.536. The van der Waals surface area contributed by atoms with E-state index in [0.29, 0.717) is 6.61 Å². The Balaban J connectivity index is 2.90. The predicted octanol–water partition coefficient (Wildman–Crippen LogP) is 1.62. The molecule has 1 N–H and O–H groups in total. The second-order valence-electron chi connectivity index (χ2n) is 1.53. The smallest absolute Gasteiger partial charge is 0.0924 e. The van der Waals surface area contributed by atoms with Crippen LogP contribution in [0.1, 0.15) is 13.3 Å². The maximum absolute atomic E-state index is 4.83. The van der Waals surface area contributed by atoms with Crippen molar-refractivity contribution in [2.75, 3.05) is 6.61 Å². The number of allylic oxidation sites excluding steroid dienone is 1. The highest BCUT2D eigenvalue weighted by molar-refractivity contribution is 4.74. The first-order chi connectivity index (χ1) is 4.41. The van der Waals surface area contributed by atoms with Gasteiger partial charge in [-0.2, -0.15) is 0 Å². The van der Waals surface area contributed by atoms with Crippen molar-refractivity contribution in [1.82, 2.24) is 5.48 Å². The van der Waals surface area contributed by atoms with E-state index in [1.165, 1.54) is 0 Å². The van der Waals surface area contributed by atoms with Crippen LogP contribution in [0.15, 0.2) is 24.9 Å². The molecule has 0 saturated heterocycles. The van der Waals surface area contributed by atoms with E-state index >= 15 is 0 Å². The normalized spacial score (nSPS) is 9.89. The molecule has 0 amide bonds. The van der Waals surface area contributed by atoms with Gasteiger partial charge in [0.1, 0.15) is 0 Å². The lowest BCUT2D eigenvalue weighted by Gasteiger charge is -1.95. The third-order valence-corrected chi connectivity index (χ3v) is 0.706. The maximum Gasteiger partial charge on any atom is 0.0924 e. The fourth-order valence-corrected chi connectivity index (χ4v) is 0.321. The standard InChI is InChI=1S/C7H13NO/c1-3-5-6-8-9-7-4-2/h4-6,8H,2-3,7H2,1H3. The second kappa shape index (κ2) is 7.24. The van der Waals surface area contributed by atoms with E-state index < -0.39 is 0 Å². The van der Waals surface area contributed by atoms with Gasteiger partial charge >= 0.3 is 0 Å². The van der Waals surface area contributed by atoms with Gasteiger partial charge in [0.05, 0.1) is 6.61 Å². The summed E-state index contributed by atoms with van der Waals surface area (Å²) in [5.74, 6) is 0. The minimum Gasteiger partial charge on any atom is -0.274 e. The van der Waals surface area contributed by atoms with Crippen LogP contribution in [-0.2, 0) is 4.84 Å². The zero-order chi connectivity index (χ0) is 6.95. The molecule has 0 aromatic heterocycles. The molecule has 0 heterocycles. The second-order valence-corrected chi connectivity index (χ2v) is 1.53. The summed E-state index contributed by atoms with van der Waals surface area (Å²) in [5, 5.41) is 0. The van der Waals surface area contributed by atoms with Crippen LogP contribution in [0.25, 0.3) is 0 Å². The summed E-state index contributed by atoms with van der Waals surface area (Å²) in [6.07, 6.45) is 6.45. The van der Waals surface area contributed by atoms with Crippen molar-refractivity contribution in [3.8, 4) is 0 Å². The Hall–Kier alpha value is -0.760. The molecule has 0 aromatic rings. The summed E-state index contributed by atoms with van der Waals surface area (Å²) in [7, 11) is 0. The third kappa shape index (κ3) is 7.24. The average Bonchev–Trinajstić information content (AvgIpc) is 1.89. The Labute approximate surface area is 56.2 Å². The van der Waals surface area contributed by atoms with Crippen molar-refractivity contribution in [1.29, 1.82) is 0 Å². The van der Waals surface area contributed by atoms with Crippen LogP contribution >= 0.6 is 0 Å². The Morgan fingerprint density at radius 1 is 1.67 bits per heavy atom. The van der Waals surface area contributed by atoms with Gasteiger partial charge in [-0.25, -0.2) is 0 Å². The number of hydroxylamine groups is 1.